The predicted molar refractivity (Wildman–Crippen MR) is 74.0 cm³/mol. The van der Waals surface area contributed by atoms with Crippen molar-refractivity contribution in [2.45, 2.75) is 6.61 Å². The Morgan fingerprint density at radius 2 is 2.00 bits per heavy atom. The first-order chi connectivity index (χ1) is 8.70. The van der Waals surface area contributed by atoms with Gasteiger partial charge in [-0.3, -0.25) is 0 Å². The number of benzene rings is 2. The van der Waals surface area contributed by atoms with Crippen LogP contribution in [0.3, 0.4) is 0 Å². The molecule has 0 aliphatic heterocycles. The minimum atomic E-state index is 0.403. The maximum absolute atomic E-state index is 9.00. The van der Waals surface area contributed by atoms with Gasteiger partial charge < -0.3 is 10.5 Å². The van der Waals surface area contributed by atoms with E-state index in [9.17, 15) is 0 Å². The third-order valence-electron chi connectivity index (χ3n) is 2.47. The van der Waals surface area contributed by atoms with Gasteiger partial charge in [0.15, 0.2) is 0 Å². The molecule has 0 aromatic heterocycles. The second-order valence-electron chi connectivity index (χ2n) is 3.75. The summed E-state index contributed by atoms with van der Waals surface area (Å²) in [6.45, 7) is 0.403. The van der Waals surface area contributed by atoms with E-state index >= 15 is 0 Å². The van der Waals surface area contributed by atoms with Crippen LogP contribution in [0.5, 0.6) is 5.75 Å². The van der Waals surface area contributed by atoms with Crippen LogP contribution in [-0.2, 0) is 6.61 Å². The normalized spacial score (nSPS) is 9.78. The SMILES string of the molecule is N#Cc1cc(N)ccc1OCc1ccccc1Br. The molecule has 0 aliphatic rings. The molecule has 0 amide bonds. The molecule has 0 heterocycles. The van der Waals surface area contributed by atoms with Crippen LogP contribution < -0.4 is 10.5 Å². The summed E-state index contributed by atoms with van der Waals surface area (Å²) in [6, 6.07) is 14.9. The number of hydrogen-bond donors (Lipinski definition) is 1. The zero-order valence-corrected chi connectivity index (χ0v) is 11.1. The molecule has 0 unspecified atom stereocenters. The number of nitrogens with zero attached hydrogens (tertiary/aromatic N) is 1. The summed E-state index contributed by atoms with van der Waals surface area (Å²) in [5.41, 5.74) is 7.65. The first-order valence-electron chi connectivity index (χ1n) is 5.36. The predicted octanol–water partition coefficient (Wildman–Crippen LogP) is 3.48. The summed E-state index contributed by atoms with van der Waals surface area (Å²) < 4.78 is 6.63. The van der Waals surface area contributed by atoms with Crippen LogP contribution in [-0.4, -0.2) is 0 Å². The number of halogens is 1. The minimum Gasteiger partial charge on any atom is -0.487 e. The second kappa shape index (κ2) is 5.56. The minimum absolute atomic E-state index is 0.403. The molecular weight excluding hydrogens is 292 g/mol. The van der Waals surface area contributed by atoms with Crippen molar-refractivity contribution in [1.29, 1.82) is 5.26 Å². The molecule has 4 heteroatoms. The van der Waals surface area contributed by atoms with E-state index in [1.807, 2.05) is 24.3 Å². The van der Waals surface area contributed by atoms with E-state index in [0.717, 1.165) is 10.0 Å². The molecular formula is C14H11BrN2O. The maximum atomic E-state index is 9.00. The number of hydrogen-bond acceptors (Lipinski definition) is 3. The Labute approximate surface area is 114 Å². The number of nitriles is 1. The summed E-state index contributed by atoms with van der Waals surface area (Å²) in [4.78, 5) is 0. The Bertz CT molecular complexity index is 605. The van der Waals surface area contributed by atoms with Gasteiger partial charge in [-0.15, -0.1) is 0 Å². The number of anilines is 1. The first kappa shape index (κ1) is 12.5. The molecule has 0 fully saturated rings. The van der Waals surface area contributed by atoms with E-state index in [1.165, 1.54) is 0 Å². The van der Waals surface area contributed by atoms with Crippen LogP contribution in [0, 0.1) is 11.3 Å². The molecule has 0 radical (unpaired) electrons. The molecule has 3 nitrogen and oxygen atoms in total. The van der Waals surface area contributed by atoms with Crippen LogP contribution in [0.1, 0.15) is 11.1 Å². The summed E-state index contributed by atoms with van der Waals surface area (Å²) in [6.07, 6.45) is 0. The molecule has 2 aromatic rings. The monoisotopic (exact) mass is 302 g/mol. The van der Waals surface area contributed by atoms with E-state index < -0.39 is 0 Å². The van der Waals surface area contributed by atoms with Crippen molar-refractivity contribution in [2.24, 2.45) is 0 Å². The fourth-order valence-electron chi connectivity index (χ4n) is 1.53. The van der Waals surface area contributed by atoms with Gasteiger partial charge in [-0.25, -0.2) is 0 Å². The van der Waals surface area contributed by atoms with Crippen LogP contribution in [0.2, 0.25) is 0 Å². The molecule has 2 N–H and O–H groups in total. The summed E-state index contributed by atoms with van der Waals surface area (Å²) in [5, 5.41) is 9.00. The highest BCUT2D eigenvalue weighted by Gasteiger charge is 2.05. The standard InChI is InChI=1S/C14H11BrN2O/c15-13-4-2-1-3-10(13)9-18-14-6-5-12(17)7-11(14)8-16/h1-7H,9,17H2. The third-order valence-corrected chi connectivity index (χ3v) is 3.24. The molecule has 0 aliphatic carbocycles. The van der Waals surface area contributed by atoms with Gasteiger partial charge in [-0.2, -0.15) is 5.26 Å². The van der Waals surface area contributed by atoms with Crippen molar-refractivity contribution >= 4 is 21.6 Å². The van der Waals surface area contributed by atoms with Crippen LogP contribution in [0.15, 0.2) is 46.9 Å². The van der Waals surface area contributed by atoms with Gasteiger partial charge in [-0.05, 0) is 24.3 Å². The van der Waals surface area contributed by atoms with Gasteiger partial charge in [-0.1, -0.05) is 34.1 Å². The van der Waals surface area contributed by atoms with Gasteiger partial charge in [0, 0.05) is 15.7 Å². The van der Waals surface area contributed by atoms with Crippen molar-refractivity contribution < 1.29 is 4.74 Å². The second-order valence-corrected chi connectivity index (χ2v) is 4.60. The lowest BCUT2D eigenvalue weighted by atomic mass is 10.2. The molecule has 0 bridgehead atoms. The summed E-state index contributed by atoms with van der Waals surface area (Å²) in [5.74, 6) is 0.544. The molecule has 2 rings (SSSR count). The number of rotatable bonds is 3. The smallest absolute Gasteiger partial charge is 0.137 e. The lowest BCUT2D eigenvalue weighted by Crippen LogP contribution is -1.98. The van der Waals surface area contributed by atoms with Crippen molar-refractivity contribution in [3.8, 4) is 11.8 Å². The van der Waals surface area contributed by atoms with Gasteiger partial charge in [0.05, 0.1) is 5.56 Å². The molecule has 90 valence electrons. The van der Waals surface area contributed by atoms with Gasteiger partial charge in [0.25, 0.3) is 0 Å². The fourth-order valence-corrected chi connectivity index (χ4v) is 1.93. The van der Waals surface area contributed by atoms with Crippen molar-refractivity contribution in [3.05, 3.63) is 58.1 Å². The number of nitrogens with two attached hydrogens (primary N) is 1. The van der Waals surface area contributed by atoms with Gasteiger partial charge >= 0.3 is 0 Å². The summed E-state index contributed by atoms with van der Waals surface area (Å²) in [7, 11) is 0. The Morgan fingerprint density at radius 1 is 1.22 bits per heavy atom. The zero-order valence-electron chi connectivity index (χ0n) is 9.56. The van der Waals surface area contributed by atoms with E-state index in [4.69, 9.17) is 15.7 Å². The molecule has 2 aromatic carbocycles. The molecule has 0 spiro atoms. The van der Waals surface area contributed by atoms with E-state index in [0.29, 0.717) is 23.6 Å². The largest absolute Gasteiger partial charge is 0.487 e. The first-order valence-corrected chi connectivity index (χ1v) is 6.16. The topological polar surface area (TPSA) is 59.0 Å². The Balaban J connectivity index is 2.16. The van der Waals surface area contributed by atoms with Crippen LogP contribution in [0.4, 0.5) is 5.69 Å². The molecule has 0 saturated carbocycles. The lowest BCUT2D eigenvalue weighted by molar-refractivity contribution is 0.304. The molecule has 18 heavy (non-hydrogen) atoms. The zero-order chi connectivity index (χ0) is 13.0. The average Bonchev–Trinajstić information content (AvgIpc) is 2.39. The fraction of sp³-hybridized carbons (Fsp3) is 0.0714. The van der Waals surface area contributed by atoms with E-state index in [1.54, 1.807) is 18.2 Å². The van der Waals surface area contributed by atoms with E-state index in [2.05, 4.69) is 22.0 Å². The van der Waals surface area contributed by atoms with Crippen molar-refractivity contribution in [1.82, 2.24) is 0 Å². The highest BCUT2D eigenvalue weighted by Crippen LogP contribution is 2.23. The quantitative estimate of drug-likeness (QED) is 0.883. The van der Waals surface area contributed by atoms with Gasteiger partial charge in [0.1, 0.15) is 18.4 Å². The Morgan fingerprint density at radius 3 is 2.72 bits per heavy atom. The molecule has 0 atom stereocenters. The number of nitrogen functional groups attached to an aromatic ring is 1. The average molecular weight is 303 g/mol. The highest BCUT2D eigenvalue weighted by atomic mass is 79.9. The molecule has 0 saturated heterocycles. The lowest BCUT2D eigenvalue weighted by Gasteiger charge is -2.09. The van der Waals surface area contributed by atoms with Crippen LogP contribution >= 0.6 is 15.9 Å². The van der Waals surface area contributed by atoms with E-state index in [-0.39, 0.29) is 0 Å². The Hall–Kier alpha value is -1.99. The highest BCUT2D eigenvalue weighted by molar-refractivity contribution is 9.10. The van der Waals surface area contributed by atoms with Crippen molar-refractivity contribution in [2.75, 3.05) is 5.73 Å². The van der Waals surface area contributed by atoms with Gasteiger partial charge in [0.2, 0.25) is 0 Å². The maximum Gasteiger partial charge on any atom is 0.137 e. The summed E-state index contributed by atoms with van der Waals surface area (Å²) >= 11 is 3.45. The number of ether oxygens (including phenoxy) is 1. The third kappa shape index (κ3) is 2.82. The van der Waals surface area contributed by atoms with Crippen LogP contribution in [0.25, 0.3) is 0 Å². The van der Waals surface area contributed by atoms with Crippen molar-refractivity contribution in [3.63, 3.8) is 0 Å². The Kier molecular flexibility index (Phi) is 3.85.